The molecule has 1 aromatic rings. The van der Waals surface area contributed by atoms with E-state index >= 15 is 0 Å². The van der Waals surface area contributed by atoms with Gasteiger partial charge in [-0.1, -0.05) is 19.9 Å². The number of pyridine rings is 1. The average Bonchev–Trinajstić information content (AvgIpc) is 2.62. The van der Waals surface area contributed by atoms with Crippen LogP contribution in [0.3, 0.4) is 0 Å². The highest BCUT2D eigenvalue weighted by atomic mass is 16.2. The van der Waals surface area contributed by atoms with Gasteiger partial charge in [-0.15, -0.1) is 0 Å². The average molecular weight is 375 g/mol. The van der Waals surface area contributed by atoms with E-state index in [1.807, 2.05) is 37.9 Å². The monoisotopic (exact) mass is 374 g/mol. The van der Waals surface area contributed by atoms with Crippen LogP contribution in [-0.2, 0) is 11.2 Å². The van der Waals surface area contributed by atoms with Crippen molar-refractivity contribution in [1.29, 1.82) is 0 Å². The predicted molar refractivity (Wildman–Crippen MR) is 107 cm³/mol. The molecule has 1 saturated heterocycles. The zero-order valence-electron chi connectivity index (χ0n) is 17.4. The van der Waals surface area contributed by atoms with Crippen LogP contribution in [0.15, 0.2) is 18.3 Å². The highest BCUT2D eigenvalue weighted by Crippen LogP contribution is 2.15. The number of carbonyl (C=O) groups excluding carboxylic acids is 2. The third kappa shape index (κ3) is 6.22. The van der Waals surface area contributed by atoms with Gasteiger partial charge >= 0.3 is 6.03 Å². The Morgan fingerprint density at radius 2 is 1.96 bits per heavy atom. The molecule has 0 radical (unpaired) electrons. The molecular formula is C21H34N4O2. The number of carbonyl (C=O) groups is 2. The SMILES string of the molecule is Cc1cccnc1C[C@@H](C)N(C)C(=O)NC1CCN(C(=O)CC(C)C)CC1. The second-order valence-corrected chi connectivity index (χ2v) is 8.13. The summed E-state index contributed by atoms with van der Waals surface area (Å²) in [7, 11) is 1.83. The van der Waals surface area contributed by atoms with Crippen molar-refractivity contribution >= 4 is 11.9 Å². The van der Waals surface area contributed by atoms with Crippen molar-refractivity contribution < 1.29 is 9.59 Å². The number of hydrogen-bond donors (Lipinski definition) is 1. The zero-order chi connectivity index (χ0) is 20.0. The minimum atomic E-state index is -0.0527. The number of hydrogen-bond acceptors (Lipinski definition) is 3. The van der Waals surface area contributed by atoms with Gasteiger partial charge in [0.25, 0.3) is 0 Å². The molecule has 6 nitrogen and oxygen atoms in total. The fraction of sp³-hybridized carbons (Fsp3) is 0.667. The fourth-order valence-electron chi connectivity index (χ4n) is 3.38. The molecule has 1 aliphatic rings. The molecule has 27 heavy (non-hydrogen) atoms. The molecule has 1 aliphatic heterocycles. The van der Waals surface area contributed by atoms with E-state index in [4.69, 9.17) is 0 Å². The maximum atomic E-state index is 12.6. The van der Waals surface area contributed by atoms with E-state index in [-0.39, 0.29) is 24.0 Å². The summed E-state index contributed by atoms with van der Waals surface area (Å²) in [6, 6.07) is 4.11. The number of aryl methyl sites for hydroxylation is 1. The lowest BCUT2D eigenvalue weighted by molar-refractivity contribution is -0.133. The molecule has 6 heteroatoms. The molecule has 150 valence electrons. The quantitative estimate of drug-likeness (QED) is 0.832. The van der Waals surface area contributed by atoms with E-state index in [1.54, 1.807) is 11.1 Å². The summed E-state index contributed by atoms with van der Waals surface area (Å²) in [5.41, 5.74) is 2.18. The van der Waals surface area contributed by atoms with Crippen molar-refractivity contribution in [2.24, 2.45) is 5.92 Å². The number of urea groups is 1. The minimum Gasteiger partial charge on any atom is -0.343 e. The second-order valence-electron chi connectivity index (χ2n) is 8.13. The van der Waals surface area contributed by atoms with E-state index in [9.17, 15) is 9.59 Å². The molecule has 2 rings (SSSR count). The van der Waals surface area contributed by atoms with Crippen LogP contribution in [0.25, 0.3) is 0 Å². The lowest BCUT2D eigenvalue weighted by atomic mass is 10.0. The first kappa shape index (κ1) is 21.2. The van der Waals surface area contributed by atoms with Gasteiger partial charge in [-0.05, 0) is 44.2 Å². The van der Waals surface area contributed by atoms with Gasteiger partial charge in [0.05, 0.1) is 0 Å². The van der Waals surface area contributed by atoms with E-state index in [1.165, 1.54) is 0 Å². The van der Waals surface area contributed by atoms with Crippen LogP contribution in [0.4, 0.5) is 4.79 Å². The number of nitrogens with one attached hydrogen (secondary N) is 1. The van der Waals surface area contributed by atoms with Crippen molar-refractivity contribution in [3.05, 3.63) is 29.6 Å². The Morgan fingerprint density at radius 1 is 1.30 bits per heavy atom. The molecule has 1 aromatic heterocycles. The van der Waals surface area contributed by atoms with Crippen LogP contribution in [0.5, 0.6) is 0 Å². The Bertz CT molecular complexity index is 639. The van der Waals surface area contributed by atoms with Crippen LogP contribution in [0.1, 0.15) is 51.3 Å². The number of nitrogens with zero attached hydrogens (tertiary/aromatic N) is 3. The van der Waals surface area contributed by atoms with Gasteiger partial charge in [0.2, 0.25) is 5.91 Å². The Labute approximate surface area is 163 Å². The number of piperidine rings is 1. The third-order valence-electron chi connectivity index (χ3n) is 5.35. The van der Waals surface area contributed by atoms with Crippen molar-refractivity contribution in [2.75, 3.05) is 20.1 Å². The normalized spacial score (nSPS) is 16.3. The van der Waals surface area contributed by atoms with E-state index in [2.05, 4.69) is 24.1 Å². The van der Waals surface area contributed by atoms with Gasteiger partial charge in [-0.2, -0.15) is 0 Å². The standard InChI is InChI=1S/C21H34N4O2/c1-15(2)13-20(26)25-11-8-18(9-12-25)23-21(27)24(5)17(4)14-19-16(3)7-6-10-22-19/h6-7,10,15,17-18H,8-9,11-14H2,1-5H3,(H,23,27)/t17-/m1/s1. The molecular weight excluding hydrogens is 340 g/mol. The lowest BCUT2D eigenvalue weighted by Crippen LogP contribution is -2.51. The minimum absolute atomic E-state index is 0.0527. The second kappa shape index (κ2) is 9.72. The summed E-state index contributed by atoms with van der Waals surface area (Å²) < 4.78 is 0. The molecule has 0 saturated carbocycles. The first-order valence-electron chi connectivity index (χ1n) is 9.99. The largest absolute Gasteiger partial charge is 0.343 e. The van der Waals surface area contributed by atoms with Gasteiger partial charge in [-0.3, -0.25) is 9.78 Å². The molecule has 0 aromatic carbocycles. The Morgan fingerprint density at radius 3 is 2.56 bits per heavy atom. The zero-order valence-corrected chi connectivity index (χ0v) is 17.4. The molecule has 2 heterocycles. The van der Waals surface area contributed by atoms with Crippen molar-refractivity contribution in [1.82, 2.24) is 20.1 Å². The first-order valence-corrected chi connectivity index (χ1v) is 9.99. The summed E-state index contributed by atoms with van der Waals surface area (Å²) in [4.78, 5) is 32.9. The highest BCUT2D eigenvalue weighted by molar-refractivity contribution is 5.77. The molecule has 1 fully saturated rings. The smallest absolute Gasteiger partial charge is 0.317 e. The van der Waals surface area contributed by atoms with Gasteiger partial charge < -0.3 is 15.1 Å². The van der Waals surface area contributed by atoms with E-state index < -0.39 is 0 Å². The summed E-state index contributed by atoms with van der Waals surface area (Å²) in [5, 5.41) is 3.13. The molecule has 1 atom stereocenters. The molecule has 0 unspecified atom stereocenters. The van der Waals surface area contributed by atoms with Gasteiger partial charge in [0.15, 0.2) is 0 Å². The maximum absolute atomic E-state index is 12.6. The van der Waals surface area contributed by atoms with Crippen molar-refractivity contribution in [3.63, 3.8) is 0 Å². The molecule has 0 bridgehead atoms. The molecule has 3 amide bonds. The number of likely N-dealkylation sites (N-methyl/N-ethyl adjacent to an activating group) is 1. The summed E-state index contributed by atoms with van der Waals surface area (Å²) >= 11 is 0. The van der Waals surface area contributed by atoms with Gasteiger partial charge in [-0.25, -0.2) is 4.79 Å². The number of amides is 3. The molecule has 1 N–H and O–H groups in total. The van der Waals surface area contributed by atoms with Crippen LogP contribution in [-0.4, -0.2) is 58.9 Å². The van der Waals surface area contributed by atoms with Crippen LogP contribution in [0, 0.1) is 12.8 Å². The molecule has 0 spiro atoms. The molecule has 0 aliphatic carbocycles. The number of rotatable bonds is 6. The van der Waals surface area contributed by atoms with Gasteiger partial charge in [0, 0.05) is 57.0 Å². The predicted octanol–water partition coefficient (Wildman–Crippen LogP) is 3.00. The Hall–Kier alpha value is -2.11. The topological polar surface area (TPSA) is 65.5 Å². The third-order valence-corrected chi connectivity index (χ3v) is 5.35. The van der Waals surface area contributed by atoms with E-state index in [0.717, 1.165) is 43.6 Å². The van der Waals surface area contributed by atoms with Crippen LogP contribution < -0.4 is 5.32 Å². The van der Waals surface area contributed by atoms with Crippen LogP contribution >= 0.6 is 0 Å². The first-order chi connectivity index (χ1) is 12.8. The summed E-state index contributed by atoms with van der Waals surface area (Å²) in [6.45, 7) is 9.67. The maximum Gasteiger partial charge on any atom is 0.317 e. The van der Waals surface area contributed by atoms with Crippen molar-refractivity contribution in [3.8, 4) is 0 Å². The summed E-state index contributed by atoms with van der Waals surface area (Å²) in [6.07, 6.45) is 4.76. The Balaban J connectivity index is 1.79. The Kier molecular flexibility index (Phi) is 7.63. The fourth-order valence-corrected chi connectivity index (χ4v) is 3.38. The lowest BCUT2D eigenvalue weighted by Gasteiger charge is -2.34. The van der Waals surface area contributed by atoms with Gasteiger partial charge in [0.1, 0.15) is 0 Å². The summed E-state index contributed by atoms with van der Waals surface area (Å²) in [5.74, 6) is 0.610. The van der Waals surface area contributed by atoms with E-state index in [0.29, 0.717) is 12.3 Å². The highest BCUT2D eigenvalue weighted by Gasteiger charge is 2.26. The van der Waals surface area contributed by atoms with Crippen LogP contribution in [0.2, 0.25) is 0 Å². The van der Waals surface area contributed by atoms with Crippen molar-refractivity contribution in [2.45, 2.75) is 65.5 Å². The number of likely N-dealkylation sites (tertiary alicyclic amines) is 1. The number of aromatic nitrogens is 1.